The maximum absolute atomic E-state index is 2.20. The molecule has 2 nitrogen and oxygen atoms in total. The summed E-state index contributed by atoms with van der Waals surface area (Å²) in [7, 11) is 0. The second kappa shape index (κ2) is 4.60. The van der Waals surface area contributed by atoms with Crippen LogP contribution in [0.15, 0.2) is 42.5 Å². The molecule has 0 aliphatic rings. The Labute approximate surface area is 77.4 Å². The molecule has 0 atom stereocenters. The van der Waals surface area contributed by atoms with E-state index in [4.69, 9.17) is 0 Å². The van der Waals surface area contributed by atoms with E-state index in [1.807, 2.05) is 0 Å². The molecule has 4 N–H and O–H groups in total. The van der Waals surface area contributed by atoms with Gasteiger partial charge in [0.05, 0.1) is 0 Å². The summed E-state index contributed by atoms with van der Waals surface area (Å²) in [4.78, 5) is 0. The van der Waals surface area contributed by atoms with Crippen molar-refractivity contribution in [2.45, 2.75) is 6.92 Å². The summed E-state index contributed by atoms with van der Waals surface area (Å²) in [5, 5.41) is 2.64. The van der Waals surface area contributed by atoms with Crippen molar-refractivity contribution in [1.29, 1.82) is 0 Å². The van der Waals surface area contributed by atoms with E-state index in [1.54, 1.807) is 0 Å². The van der Waals surface area contributed by atoms with Crippen LogP contribution in [-0.2, 0) is 0 Å². The predicted octanol–water partition coefficient (Wildman–Crippen LogP) is 1.50. The zero-order valence-corrected chi connectivity index (χ0v) is 7.54. The topological polar surface area (TPSA) is 63.0 Å². The first-order valence-corrected chi connectivity index (χ1v) is 3.82. The second-order valence-electron chi connectivity index (χ2n) is 2.85. The van der Waals surface area contributed by atoms with Gasteiger partial charge in [-0.25, -0.2) is 0 Å². The Kier molecular flexibility index (Phi) is 4.11. The SMILES string of the molecule is Cc1ccc2ccccc2c1.O.O. The molecule has 0 aliphatic carbocycles. The highest BCUT2D eigenvalue weighted by molar-refractivity contribution is 5.82. The minimum Gasteiger partial charge on any atom is -0.412 e. The molecule has 0 fully saturated rings. The third-order valence-electron chi connectivity index (χ3n) is 1.90. The van der Waals surface area contributed by atoms with Gasteiger partial charge in [-0.2, -0.15) is 0 Å². The summed E-state index contributed by atoms with van der Waals surface area (Å²) < 4.78 is 0. The molecule has 2 aromatic rings. The lowest BCUT2D eigenvalue weighted by Gasteiger charge is -1.96. The molecule has 0 heterocycles. The Morgan fingerprint density at radius 1 is 0.769 bits per heavy atom. The lowest BCUT2D eigenvalue weighted by molar-refractivity contribution is 0.823. The molecular formula is C11H14O2. The van der Waals surface area contributed by atoms with Crippen LogP contribution in [0.1, 0.15) is 5.56 Å². The van der Waals surface area contributed by atoms with Gasteiger partial charge >= 0.3 is 0 Å². The van der Waals surface area contributed by atoms with Crippen LogP contribution >= 0.6 is 0 Å². The van der Waals surface area contributed by atoms with E-state index in [-0.39, 0.29) is 11.0 Å². The number of rotatable bonds is 0. The zero-order valence-electron chi connectivity index (χ0n) is 7.54. The van der Waals surface area contributed by atoms with Gasteiger partial charge in [-0.15, -0.1) is 0 Å². The van der Waals surface area contributed by atoms with Gasteiger partial charge in [0.1, 0.15) is 0 Å². The molecule has 0 saturated heterocycles. The van der Waals surface area contributed by atoms with Crippen molar-refractivity contribution in [2.24, 2.45) is 0 Å². The van der Waals surface area contributed by atoms with Crippen molar-refractivity contribution in [3.63, 3.8) is 0 Å². The van der Waals surface area contributed by atoms with Gasteiger partial charge in [0.25, 0.3) is 0 Å². The Bertz CT molecular complexity index is 383. The molecule has 0 saturated carbocycles. The standard InChI is InChI=1S/C11H10.2H2O/c1-9-6-7-10-4-2-3-5-11(10)8-9;;/h2-8H,1H3;2*1H2. The van der Waals surface area contributed by atoms with E-state index < -0.39 is 0 Å². The van der Waals surface area contributed by atoms with Crippen LogP contribution in [0.3, 0.4) is 0 Å². The quantitative estimate of drug-likeness (QED) is 0.587. The molecule has 0 amide bonds. The maximum Gasteiger partial charge on any atom is -0.0181 e. The number of fused-ring (bicyclic) bond motifs is 1. The van der Waals surface area contributed by atoms with E-state index in [0.29, 0.717) is 0 Å². The highest BCUT2D eigenvalue weighted by atomic mass is 16.0. The maximum atomic E-state index is 2.20. The average molecular weight is 178 g/mol. The van der Waals surface area contributed by atoms with Crippen LogP contribution in [0.2, 0.25) is 0 Å². The Morgan fingerprint density at radius 3 is 2.08 bits per heavy atom. The van der Waals surface area contributed by atoms with E-state index in [0.717, 1.165) is 0 Å². The van der Waals surface area contributed by atoms with Crippen molar-refractivity contribution in [3.05, 3.63) is 48.0 Å². The van der Waals surface area contributed by atoms with Gasteiger partial charge in [-0.05, 0) is 17.7 Å². The van der Waals surface area contributed by atoms with Crippen LogP contribution in [0, 0.1) is 6.92 Å². The first-order valence-electron chi connectivity index (χ1n) is 3.82. The summed E-state index contributed by atoms with van der Waals surface area (Å²) >= 11 is 0. The highest BCUT2D eigenvalue weighted by Crippen LogP contribution is 2.14. The third-order valence-corrected chi connectivity index (χ3v) is 1.90. The fraction of sp³-hybridized carbons (Fsp3) is 0.0909. The summed E-state index contributed by atoms with van der Waals surface area (Å²) in [6.45, 7) is 2.12. The smallest absolute Gasteiger partial charge is 0.0181 e. The zero-order chi connectivity index (χ0) is 7.68. The monoisotopic (exact) mass is 178 g/mol. The lowest BCUT2D eigenvalue weighted by atomic mass is 10.1. The molecule has 70 valence electrons. The number of aryl methyl sites for hydroxylation is 1. The molecule has 0 radical (unpaired) electrons. The minimum atomic E-state index is 0. The van der Waals surface area contributed by atoms with Crippen LogP contribution in [0.4, 0.5) is 0 Å². The molecule has 0 spiro atoms. The van der Waals surface area contributed by atoms with Crippen LogP contribution in [0.5, 0.6) is 0 Å². The molecule has 0 bridgehead atoms. The lowest BCUT2D eigenvalue weighted by Crippen LogP contribution is -1.73. The van der Waals surface area contributed by atoms with Crippen molar-refractivity contribution in [2.75, 3.05) is 0 Å². The Balaban J connectivity index is 0.000000720. The van der Waals surface area contributed by atoms with Crippen molar-refractivity contribution in [3.8, 4) is 0 Å². The fourth-order valence-electron chi connectivity index (χ4n) is 1.31. The fourth-order valence-corrected chi connectivity index (χ4v) is 1.31. The summed E-state index contributed by atoms with van der Waals surface area (Å²) in [5.41, 5.74) is 1.32. The molecule has 13 heavy (non-hydrogen) atoms. The molecule has 0 aliphatic heterocycles. The second-order valence-corrected chi connectivity index (χ2v) is 2.85. The van der Waals surface area contributed by atoms with Crippen molar-refractivity contribution in [1.82, 2.24) is 0 Å². The van der Waals surface area contributed by atoms with Crippen LogP contribution in [-0.4, -0.2) is 11.0 Å². The Hall–Kier alpha value is -1.38. The molecular weight excluding hydrogens is 164 g/mol. The van der Waals surface area contributed by atoms with Crippen LogP contribution in [0.25, 0.3) is 10.8 Å². The average Bonchev–Trinajstić information content (AvgIpc) is 2.04. The first kappa shape index (κ1) is 11.6. The van der Waals surface area contributed by atoms with Gasteiger partial charge in [0, 0.05) is 0 Å². The largest absolute Gasteiger partial charge is 0.412 e. The summed E-state index contributed by atoms with van der Waals surface area (Å²) in [5.74, 6) is 0. The normalized spacial score (nSPS) is 8.69. The predicted molar refractivity (Wildman–Crippen MR) is 55.9 cm³/mol. The van der Waals surface area contributed by atoms with Gasteiger partial charge in [-0.3, -0.25) is 0 Å². The van der Waals surface area contributed by atoms with Crippen molar-refractivity contribution < 1.29 is 11.0 Å². The van der Waals surface area contributed by atoms with Gasteiger partial charge in [-0.1, -0.05) is 48.0 Å². The molecule has 0 aromatic heterocycles. The van der Waals surface area contributed by atoms with E-state index in [1.165, 1.54) is 16.3 Å². The molecule has 0 unspecified atom stereocenters. The third kappa shape index (κ3) is 2.28. The van der Waals surface area contributed by atoms with Gasteiger partial charge in [0.2, 0.25) is 0 Å². The number of hydrogen-bond donors (Lipinski definition) is 0. The first-order chi connectivity index (χ1) is 5.36. The molecule has 2 heteroatoms. The van der Waals surface area contributed by atoms with E-state index >= 15 is 0 Å². The van der Waals surface area contributed by atoms with E-state index in [2.05, 4.69) is 49.4 Å². The molecule has 2 aromatic carbocycles. The highest BCUT2D eigenvalue weighted by Gasteiger charge is 1.89. The summed E-state index contributed by atoms with van der Waals surface area (Å²) in [6, 6.07) is 14.9. The minimum absolute atomic E-state index is 0. The van der Waals surface area contributed by atoms with Crippen molar-refractivity contribution >= 4 is 10.8 Å². The Morgan fingerprint density at radius 2 is 1.38 bits per heavy atom. The van der Waals surface area contributed by atoms with E-state index in [9.17, 15) is 0 Å². The number of benzene rings is 2. The molecule has 2 rings (SSSR count). The van der Waals surface area contributed by atoms with Gasteiger partial charge < -0.3 is 11.0 Å². The van der Waals surface area contributed by atoms with Gasteiger partial charge in [0.15, 0.2) is 0 Å². The number of hydrogen-bond acceptors (Lipinski definition) is 0. The van der Waals surface area contributed by atoms with Crippen LogP contribution < -0.4 is 0 Å². The summed E-state index contributed by atoms with van der Waals surface area (Å²) in [6.07, 6.45) is 0.